The van der Waals surface area contributed by atoms with E-state index in [-0.39, 0.29) is 12.1 Å². The molecule has 186 valence electrons. The van der Waals surface area contributed by atoms with Gasteiger partial charge in [-0.1, -0.05) is 48.6 Å². The number of nitrogens with zero attached hydrogens (tertiary/aromatic N) is 2. The minimum atomic E-state index is -0.817. The molecule has 1 aliphatic carbocycles. The fraction of sp³-hybridized carbons (Fsp3) is 0.577. The second-order valence-corrected chi connectivity index (χ2v) is 12.2. The SMILES string of the molecule is CC1CCC(N(CCCCc2ccccc2)C(=O)Nc2ncc(SCC(C)(C)C(=O)O)s2)CC1. The van der Waals surface area contributed by atoms with Crippen molar-refractivity contribution in [1.82, 2.24) is 9.88 Å². The van der Waals surface area contributed by atoms with E-state index >= 15 is 0 Å². The number of aromatic nitrogens is 1. The summed E-state index contributed by atoms with van der Waals surface area (Å²) < 4.78 is 0.908. The summed E-state index contributed by atoms with van der Waals surface area (Å²) in [6, 6.07) is 10.7. The summed E-state index contributed by atoms with van der Waals surface area (Å²) >= 11 is 2.87. The summed E-state index contributed by atoms with van der Waals surface area (Å²) in [4.78, 5) is 31.0. The lowest BCUT2D eigenvalue weighted by Gasteiger charge is -2.36. The molecule has 0 atom stereocenters. The van der Waals surface area contributed by atoms with Crippen molar-refractivity contribution in [2.24, 2.45) is 11.3 Å². The number of carboxylic acids is 1. The second kappa shape index (κ2) is 12.6. The molecule has 1 heterocycles. The van der Waals surface area contributed by atoms with E-state index in [1.165, 1.54) is 28.7 Å². The molecule has 8 heteroatoms. The molecule has 1 aromatic heterocycles. The number of thiazole rings is 1. The van der Waals surface area contributed by atoms with Crippen LogP contribution in [0.1, 0.15) is 64.9 Å². The Morgan fingerprint density at radius 3 is 2.56 bits per heavy atom. The first-order valence-corrected chi connectivity index (χ1v) is 14.0. The molecule has 2 amide bonds. The van der Waals surface area contributed by atoms with Gasteiger partial charge in [0.2, 0.25) is 0 Å². The predicted octanol–water partition coefficient (Wildman–Crippen LogP) is 6.78. The van der Waals surface area contributed by atoms with Gasteiger partial charge in [-0.15, -0.1) is 11.8 Å². The number of carbonyl (C=O) groups is 2. The van der Waals surface area contributed by atoms with Gasteiger partial charge in [0.15, 0.2) is 5.13 Å². The minimum Gasteiger partial charge on any atom is -0.481 e. The van der Waals surface area contributed by atoms with Crippen LogP contribution >= 0.6 is 23.1 Å². The van der Waals surface area contributed by atoms with E-state index in [4.69, 9.17) is 0 Å². The zero-order valence-corrected chi connectivity index (χ0v) is 22.1. The summed E-state index contributed by atoms with van der Waals surface area (Å²) in [5.41, 5.74) is 0.524. The lowest BCUT2D eigenvalue weighted by molar-refractivity contribution is -0.145. The Kier molecular flexibility index (Phi) is 9.83. The third-order valence-electron chi connectivity index (χ3n) is 6.50. The Morgan fingerprint density at radius 2 is 1.88 bits per heavy atom. The normalized spacial score (nSPS) is 18.4. The van der Waals surface area contributed by atoms with Gasteiger partial charge in [0.25, 0.3) is 0 Å². The molecular formula is C26H37N3O3S2. The maximum atomic E-state index is 13.3. The van der Waals surface area contributed by atoms with Gasteiger partial charge in [-0.2, -0.15) is 0 Å². The third kappa shape index (κ3) is 8.01. The van der Waals surface area contributed by atoms with Crippen LogP contribution in [0, 0.1) is 11.3 Å². The standard InChI is InChI=1S/C26H37N3O3S2/c1-19-12-14-21(15-13-19)29(16-8-7-11-20-9-5-4-6-10-20)25(32)28-24-27-17-22(34-24)33-18-26(2,3)23(30)31/h4-6,9-10,17,19,21H,7-8,11-16,18H2,1-3H3,(H,30,31)(H,27,28,32). The topological polar surface area (TPSA) is 82.5 Å². The number of hydrogen-bond donors (Lipinski definition) is 2. The Morgan fingerprint density at radius 1 is 1.18 bits per heavy atom. The number of aryl methyl sites for hydroxylation is 1. The molecule has 3 rings (SSSR count). The number of aliphatic carboxylic acids is 1. The van der Waals surface area contributed by atoms with E-state index < -0.39 is 11.4 Å². The molecule has 0 radical (unpaired) electrons. The van der Waals surface area contributed by atoms with Crippen LogP contribution in [0.5, 0.6) is 0 Å². The number of thioether (sulfide) groups is 1. The molecule has 1 aliphatic rings. The van der Waals surface area contributed by atoms with Crippen LogP contribution in [-0.2, 0) is 11.2 Å². The number of urea groups is 1. The quantitative estimate of drug-likeness (QED) is 0.261. The number of amides is 2. The van der Waals surface area contributed by atoms with Gasteiger partial charge in [0, 0.05) is 18.3 Å². The number of rotatable bonds is 11. The Bertz CT molecular complexity index is 924. The molecule has 2 N–H and O–H groups in total. The molecule has 6 nitrogen and oxygen atoms in total. The fourth-order valence-electron chi connectivity index (χ4n) is 4.12. The molecule has 0 saturated heterocycles. The third-order valence-corrected chi connectivity index (χ3v) is 9.06. The molecule has 0 spiro atoms. The predicted molar refractivity (Wildman–Crippen MR) is 141 cm³/mol. The van der Waals surface area contributed by atoms with Crippen molar-refractivity contribution in [1.29, 1.82) is 0 Å². The van der Waals surface area contributed by atoms with Crippen molar-refractivity contribution < 1.29 is 14.7 Å². The van der Waals surface area contributed by atoms with Gasteiger partial charge in [0.1, 0.15) is 0 Å². The van der Waals surface area contributed by atoms with E-state index in [0.29, 0.717) is 10.9 Å². The Balaban J connectivity index is 1.56. The average molecular weight is 504 g/mol. The van der Waals surface area contributed by atoms with E-state index in [9.17, 15) is 14.7 Å². The highest BCUT2D eigenvalue weighted by molar-refractivity contribution is 8.01. The van der Waals surface area contributed by atoms with Crippen LogP contribution in [0.4, 0.5) is 9.93 Å². The number of benzene rings is 1. The highest BCUT2D eigenvalue weighted by atomic mass is 32.2. The summed E-state index contributed by atoms with van der Waals surface area (Å²) in [6.45, 7) is 6.47. The first-order valence-electron chi connectivity index (χ1n) is 12.2. The lowest BCUT2D eigenvalue weighted by atomic mass is 9.86. The van der Waals surface area contributed by atoms with Gasteiger partial charge in [-0.25, -0.2) is 9.78 Å². The highest BCUT2D eigenvalue weighted by Crippen LogP contribution is 2.34. The number of carboxylic acid groups (broad SMARTS) is 1. The molecule has 0 bridgehead atoms. The number of unbranched alkanes of at least 4 members (excludes halogenated alkanes) is 1. The molecular weight excluding hydrogens is 466 g/mol. The van der Waals surface area contributed by atoms with E-state index in [2.05, 4.69) is 41.5 Å². The van der Waals surface area contributed by atoms with Crippen LogP contribution in [0.15, 0.2) is 40.7 Å². The molecule has 0 unspecified atom stereocenters. The first-order chi connectivity index (χ1) is 16.2. The van der Waals surface area contributed by atoms with Crippen molar-refractivity contribution in [2.75, 3.05) is 17.6 Å². The average Bonchev–Trinajstić information content (AvgIpc) is 3.26. The maximum Gasteiger partial charge on any atom is 0.323 e. The van der Waals surface area contributed by atoms with Crippen LogP contribution in [0.3, 0.4) is 0 Å². The second-order valence-electron chi connectivity index (χ2n) is 9.94. The van der Waals surface area contributed by atoms with Crippen molar-refractivity contribution in [3.05, 3.63) is 42.1 Å². The number of nitrogens with one attached hydrogen (secondary N) is 1. The van der Waals surface area contributed by atoms with E-state index in [1.54, 1.807) is 20.0 Å². The summed E-state index contributed by atoms with van der Waals surface area (Å²) in [5, 5.41) is 12.9. The maximum absolute atomic E-state index is 13.3. The van der Waals surface area contributed by atoms with E-state index in [1.807, 2.05) is 11.0 Å². The number of anilines is 1. The monoisotopic (exact) mass is 503 g/mol. The van der Waals surface area contributed by atoms with Gasteiger partial charge >= 0.3 is 12.0 Å². The summed E-state index contributed by atoms with van der Waals surface area (Å²) in [6.07, 6.45) is 9.19. The lowest BCUT2D eigenvalue weighted by Crippen LogP contribution is -2.45. The smallest absolute Gasteiger partial charge is 0.323 e. The van der Waals surface area contributed by atoms with Crippen LogP contribution in [-0.4, -0.2) is 45.3 Å². The van der Waals surface area contributed by atoms with Crippen molar-refractivity contribution in [3.63, 3.8) is 0 Å². The van der Waals surface area contributed by atoms with Crippen molar-refractivity contribution >= 4 is 40.2 Å². The molecule has 34 heavy (non-hydrogen) atoms. The molecule has 0 aliphatic heterocycles. The zero-order valence-electron chi connectivity index (χ0n) is 20.5. The van der Waals surface area contributed by atoms with Gasteiger partial charge < -0.3 is 10.0 Å². The summed E-state index contributed by atoms with van der Waals surface area (Å²) in [5.74, 6) is 0.363. The first kappa shape index (κ1) is 26.5. The summed E-state index contributed by atoms with van der Waals surface area (Å²) in [7, 11) is 0. The largest absolute Gasteiger partial charge is 0.481 e. The Hall–Kier alpha value is -2.06. The minimum absolute atomic E-state index is 0.0731. The Labute approximate surface area is 211 Å². The molecule has 2 aromatic rings. The number of hydrogen-bond acceptors (Lipinski definition) is 5. The van der Waals surface area contributed by atoms with Crippen molar-refractivity contribution in [2.45, 2.75) is 76.0 Å². The van der Waals surface area contributed by atoms with Gasteiger partial charge in [0.05, 0.1) is 15.8 Å². The van der Waals surface area contributed by atoms with Gasteiger partial charge in [-0.05, 0) is 70.3 Å². The molecule has 1 aromatic carbocycles. The molecule has 1 saturated carbocycles. The number of carbonyl (C=O) groups excluding carboxylic acids is 1. The van der Waals surface area contributed by atoms with Gasteiger partial charge in [-0.3, -0.25) is 10.1 Å². The molecule has 1 fully saturated rings. The fourth-order valence-corrected chi connectivity index (χ4v) is 6.06. The van der Waals surface area contributed by atoms with Crippen LogP contribution in [0.2, 0.25) is 0 Å². The van der Waals surface area contributed by atoms with E-state index in [0.717, 1.165) is 61.6 Å². The van der Waals surface area contributed by atoms with Crippen molar-refractivity contribution in [3.8, 4) is 0 Å². The highest BCUT2D eigenvalue weighted by Gasteiger charge is 2.29. The van der Waals surface area contributed by atoms with Crippen LogP contribution in [0.25, 0.3) is 0 Å². The van der Waals surface area contributed by atoms with Crippen LogP contribution < -0.4 is 5.32 Å². The zero-order chi connectivity index (χ0) is 24.6.